The highest BCUT2D eigenvalue weighted by Gasteiger charge is 2.44. The average Bonchev–Trinajstić information content (AvgIpc) is 2.47. The van der Waals surface area contributed by atoms with Crippen LogP contribution in [-0.4, -0.2) is 71.1 Å². The molecule has 23 heavy (non-hydrogen) atoms. The number of amides is 2. The minimum atomic E-state index is -1.58. The molecule has 0 radical (unpaired) electrons. The lowest BCUT2D eigenvalue weighted by molar-refractivity contribution is -0.315. The average molecular weight is 334 g/mol. The van der Waals surface area contributed by atoms with Gasteiger partial charge >= 0.3 is 0 Å². The van der Waals surface area contributed by atoms with Crippen LogP contribution in [0, 0.1) is 0 Å². The van der Waals surface area contributed by atoms with Crippen molar-refractivity contribution in [1.82, 2.24) is 10.6 Å². The van der Waals surface area contributed by atoms with Gasteiger partial charge in [0, 0.05) is 27.0 Å². The van der Waals surface area contributed by atoms with Crippen molar-refractivity contribution in [2.75, 3.05) is 13.2 Å². The molecule has 2 amide bonds. The van der Waals surface area contributed by atoms with Crippen molar-refractivity contribution in [3.05, 3.63) is 0 Å². The zero-order valence-corrected chi connectivity index (χ0v) is 13.4. The van der Waals surface area contributed by atoms with Crippen molar-refractivity contribution in [3.63, 3.8) is 0 Å². The minimum absolute atomic E-state index is 0.0727. The molecule has 1 saturated heterocycles. The molecule has 1 aliphatic rings. The Balaban J connectivity index is 2.36. The van der Waals surface area contributed by atoms with E-state index in [0.29, 0.717) is 13.0 Å². The molecule has 134 valence electrons. The third kappa shape index (κ3) is 6.80. The van der Waals surface area contributed by atoms with Gasteiger partial charge in [-0.2, -0.15) is 0 Å². The molecule has 0 bridgehead atoms. The largest absolute Gasteiger partial charge is 0.388 e. The Morgan fingerprint density at radius 3 is 2.35 bits per heavy atom. The quantitative estimate of drug-likeness (QED) is 0.331. The lowest BCUT2D eigenvalue weighted by Crippen LogP contribution is -2.63. The molecule has 5 atom stereocenters. The van der Waals surface area contributed by atoms with E-state index in [-0.39, 0.29) is 12.5 Å². The molecule has 9 nitrogen and oxygen atoms in total. The second kappa shape index (κ2) is 9.78. The number of carbonyl (C=O) groups is 2. The molecule has 0 aromatic carbocycles. The Hall–Kier alpha value is -1.26. The van der Waals surface area contributed by atoms with Crippen LogP contribution < -0.4 is 10.6 Å². The predicted octanol–water partition coefficient (Wildman–Crippen LogP) is -1.79. The van der Waals surface area contributed by atoms with Crippen molar-refractivity contribution in [2.45, 2.75) is 63.9 Å². The van der Waals surface area contributed by atoms with Crippen LogP contribution in [0.1, 0.15) is 33.1 Å². The number of rotatable bonds is 8. The lowest BCUT2D eigenvalue weighted by Gasteiger charge is -2.40. The summed E-state index contributed by atoms with van der Waals surface area (Å²) in [6, 6.07) is -0.967. The third-order valence-corrected chi connectivity index (χ3v) is 3.42. The maximum Gasteiger partial charge on any atom is 0.217 e. The van der Waals surface area contributed by atoms with Gasteiger partial charge in [0.05, 0.1) is 0 Å². The van der Waals surface area contributed by atoms with Crippen LogP contribution in [0.15, 0.2) is 0 Å². The van der Waals surface area contributed by atoms with Gasteiger partial charge in [-0.25, -0.2) is 0 Å². The highest BCUT2D eigenvalue weighted by atomic mass is 16.7. The number of nitrogens with one attached hydrogen (secondary N) is 2. The highest BCUT2D eigenvalue weighted by molar-refractivity contribution is 5.73. The van der Waals surface area contributed by atoms with Crippen LogP contribution in [0.3, 0.4) is 0 Å². The standard InChI is InChI=1S/C14H26N2O7/c1-8(17)15-6-4-3-5-7-22-14-10(16-9(2)18)11(19)12(20)13(21)23-14/h10-14,19-21H,3-7H2,1-2H3,(H,15,17)(H,16,18)/t10-,11-,12-,13+,14-/m1/s1. The summed E-state index contributed by atoms with van der Waals surface area (Å²) in [6.07, 6.45) is -3.26. The van der Waals surface area contributed by atoms with E-state index in [1.54, 1.807) is 0 Å². The Kier molecular flexibility index (Phi) is 8.42. The summed E-state index contributed by atoms with van der Waals surface area (Å²) in [5.74, 6) is -0.485. The molecule has 1 heterocycles. The van der Waals surface area contributed by atoms with Gasteiger partial charge in [-0.3, -0.25) is 9.59 Å². The van der Waals surface area contributed by atoms with E-state index >= 15 is 0 Å². The molecule has 0 unspecified atom stereocenters. The van der Waals surface area contributed by atoms with Crippen LogP contribution in [-0.2, 0) is 19.1 Å². The maximum atomic E-state index is 11.2. The normalized spacial score (nSPS) is 30.7. The molecule has 1 aliphatic heterocycles. The number of hydrogen-bond donors (Lipinski definition) is 5. The lowest BCUT2D eigenvalue weighted by atomic mass is 10.0. The molecule has 0 aromatic heterocycles. The van der Waals surface area contributed by atoms with Crippen LogP contribution in [0.4, 0.5) is 0 Å². The molecular weight excluding hydrogens is 308 g/mol. The van der Waals surface area contributed by atoms with Gasteiger partial charge < -0.3 is 35.4 Å². The van der Waals surface area contributed by atoms with Gasteiger partial charge in [-0.1, -0.05) is 0 Å². The summed E-state index contributed by atoms with van der Waals surface area (Å²) in [7, 11) is 0. The van der Waals surface area contributed by atoms with Crippen molar-refractivity contribution in [3.8, 4) is 0 Å². The first-order valence-electron chi connectivity index (χ1n) is 7.65. The van der Waals surface area contributed by atoms with Gasteiger partial charge in [-0.05, 0) is 19.3 Å². The van der Waals surface area contributed by atoms with Crippen LogP contribution in [0.2, 0.25) is 0 Å². The molecule has 0 aliphatic carbocycles. The first-order chi connectivity index (χ1) is 10.8. The highest BCUT2D eigenvalue weighted by Crippen LogP contribution is 2.21. The molecule has 0 aromatic rings. The fourth-order valence-corrected chi connectivity index (χ4v) is 2.24. The van der Waals surface area contributed by atoms with Crippen molar-refractivity contribution in [2.24, 2.45) is 0 Å². The van der Waals surface area contributed by atoms with Crippen molar-refractivity contribution < 1.29 is 34.4 Å². The zero-order chi connectivity index (χ0) is 17.4. The maximum absolute atomic E-state index is 11.2. The number of hydrogen-bond acceptors (Lipinski definition) is 7. The Labute approximate surface area is 135 Å². The molecule has 5 N–H and O–H groups in total. The molecule has 0 saturated carbocycles. The van der Waals surface area contributed by atoms with Gasteiger partial charge in [0.1, 0.15) is 18.2 Å². The first-order valence-corrected chi connectivity index (χ1v) is 7.65. The van der Waals surface area contributed by atoms with Crippen molar-refractivity contribution >= 4 is 11.8 Å². The Morgan fingerprint density at radius 1 is 1.04 bits per heavy atom. The first kappa shape index (κ1) is 19.8. The number of aliphatic hydroxyl groups is 3. The SMILES string of the molecule is CC(=O)NCCCCCO[C@@H]1O[C@H](O)[C@H](O)[C@H](O)[C@H]1NC(C)=O. The summed E-state index contributed by atoms with van der Waals surface area (Å²) in [5, 5.41) is 34.2. The summed E-state index contributed by atoms with van der Waals surface area (Å²) in [6.45, 7) is 3.60. The van der Waals surface area contributed by atoms with Crippen molar-refractivity contribution in [1.29, 1.82) is 0 Å². The van der Waals surface area contributed by atoms with E-state index in [1.165, 1.54) is 13.8 Å². The molecule has 0 spiro atoms. The molecule has 1 fully saturated rings. The Morgan fingerprint density at radius 2 is 1.74 bits per heavy atom. The van der Waals surface area contributed by atoms with E-state index < -0.39 is 36.7 Å². The number of ether oxygens (including phenoxy) is 2. The minimum Gasteiger partial charge on any atom is -0.388 e. The third-order valence-electron chi connectivity index (χ3n) is 3.42. The molecular formula is C14H26N2O7. The van der Waals surface area contributed by atoms with Gasteiger partial charge in [0.2, 0.25) is 11.8 Å². The van der Waals surface area contributed by atoms with Gasteiger partial charge in [-0.15, -0.1) is 0 Å². The number of unbranched alkanes of at least 4 members (excludes halogenated alkanes) is 2. The fraction of sp³-hybridized carbons (Fsp3) is 0.857. The summed E-state index contributed by atoms with van der Waals surface area (Å²) in [5.41, 5.74) is 0. The fourth-order valence-electron chi connectivity index (χ4n) is 2.24. The monoisotopic (exact) mass is 334 g/mol. The van der Waals surface area contributed by atoms with E-state index in [0.717, 1.165) is 12.8 Å². The zero-order valence-electron chi connectivity index (χ0n) is 13.4. The van der Waals surface area contributed by atoms with Crippen LogP contribution in [0.5, 0.6) is 0 Å². The summed E-state index contributed by atoms with van der Waals surface area (Å²) in [4.78, 5) is 21.9. The van der Waals surface area contributed by atoms with E-state index in [2.05, 4.69) is 10.6 Å². The number of carbonyl (C=O) groups excluding carboxylic acids is 2. The van der Waals surface area contributed by atoms with Gasteiger partial charge in [0.25, 0.3) is 0 Å². The predicted molar refractivity (Wildman–Crippen MR) is 79.0 cm³/mol. The topological polar surface area (TPSA) is 137 Å². The van der Waals surface area contributed by atoms with E-state index in [9.17, 15) is 24.9 Å². The van der Waals surface area contributed by atoms with Crippen LogP contribution in [0.25, 0.3) is 0 Å². The van der Waals surface area contributed by atoms with E-state index in [1.807, 2.05) is 0 Å². The Bertz CT molecular complexity index is 393. The second-order valence-corrected chi connectivity index (χ2v) is 5.52. The smallest absolute Gasteiger partial charge is 0.217 e. The van der Waals surface area contributed by atoms with Gasteiger partial charge in [0.15, 0.2) is 12.6 Å². The van der Waals surface area contributed by atoms with E-state index in [4.69, 9.17) is 9.47 Å². The summed E-state index contributed by atoms with van der Waals surface area (Å²) < 4.78 is 10.6. The molecule has 9 heteroatoms. The second-order valence-electron chi connectivity index (χ2n) is 5.52. The number of aliphatic hydroxyl groups excluding tert-OH is 3. The summed E-state index contributed by atoms with van der Waals surface area (Å²) >= 11 is 0. The van der Waals surface area contributed by atoms with Crippen LogP contribution >= 0.6 is 0 Å². The molecule has 1 rings (SSSR count).